The summed E-state index contributed by atoms with van der Waals surface area (Å²) >= 11 is 0. The fraction of sp³-hybridized carbons (Fsp3) is 0.333. The summed E-state index contributed by atoms with van der Waals surface area (Å²) in [6.07, 6.45) is 3.32. The van der Waals surface area contributed by atoms with Gasteiger partial charge in [-0.1, -0.05) is 12.1 Å². The number of imidazole rings is 1. The Kier molecular flexibility index (Phi) is 4.05. The van der Waals surface area contributed by atoms with Crippen molar-refractivity contribution in [1.29, 1.82) is 5.26 Å². The Balaban J connectivity index is 1.76. The number of nitrogens with zero attached hydrogens (tertiary/aromatic N) is 5. The van der Waals surface area contributed by atoms with Gasteiger partial charge < -0.3 is 15.2 Å². The van der Waals surface area contributed by atoms with Crippen molar-refractivity contribution in [3.63, 3.8) is 0 Å². The van der Waals surface area contributed by atoms with Crippen molar-refractivity contribution in [2.24, 2.45) is 0 Å². The fourth-order valence-electron chi connectivity index (χ4n) is 2.89. The average Bonchev–Trinajstić information content (AvgIpc) is 2.97. The first-order chi connectivity index (χ1) is 12.7. The number of anilines is 1. The van der Waals surface area contributed by atoms with Crippen LogP contribution < -0.4 is 15.2 Å². The van der Waals surface area contributed by atoms with E-state index in [0.29, 0.717) is 29.3 Å². The molecule has 1 aromatic carbocycles. The maximum atomic E-state index is 9.10. The van der Waals surface area contributed by atoms with Crippen molar-refractivity contribution in [2.75, 3.05) is 12.8 Å². The quantitative estimate of drug-likeness (QED) is 0.751. The molecular weight excluding hydrogens is 332 g/mol. The summed E-state index contributed by atoms with van der Waals surface area (Å²) in [5.41, 5.74) is 8.60. The van der Waals surface area contributed by atoms with Crippen LogP contribution in [-0.4, -0.2) is 32.7 Å². The molecule has 1 fully saturated rings. The molecule has 0 saturated heterocycles. The van der Waals surface area contributed by atoms with Crippen LogP contribution in [-0.2, 0) is 6.54 Å². The molecule has 8 heteroatoms. The third-order valence-corrected chi connectivity index (χ3v) is 4.47. The van der Waals surface area contributed by atoms with Crippen molar-refractivity contribution in [2.45, 2.75) is 31.9 Å². The monoisotopic (exact) mass is 350 g/mol. The molecule has 4 rings (SSSR count). The van der Waals surface area contributed by atoms with Gasteiger partial charge in [-0.25, -0.2) is 0 Å². The Hall–Kier alpha value is -3.34. The van der Waals surface area contributed by atoms with Gasteiger partial charge in [0.15, 0.2) is 17.0 Å². The molecule has 0 aliphatic heterocycles. The van der Waals surface area contributed by atoms with Gasteiger partial charge in [0.25, 0.3) is 6.01 Å². The van der Waals surface area contributed by atoms with Gasteiger partial charge >= 0.3 is 6.01 Å². The van der Waals surface area contributed by atoms with E-state index in [1.807, 2.05) is 18.2 Å². The highest BCUT2D eigenvalue weighted by Gasteiger charge is 2.23. The first-order valence-corrected chi connectivity index (χ1v) is 8.41. The lowest BCUT2D eigenvalue weighted by molar-refractivity contribution is 0.109. The van der Waals surface area contributed by atoms with Crippen LogP contribution in [0.25, 0.3) is 11.2 Å². The lowest BCUT2D eigenvalue weighted by Crippen LogP contribution is -2.25. The Morgan fingerprint density at radius 2 is 2.15 bits per heavy atom. The maximum Gasteiger partial charge on any atom is 0.320 e. The van der Waals surface area contributed by atoms with Crippen LogP contribution in [0.5, 0.6) is 12.0 Å². The molecule has 132 valence electrons. The third kappa shape index (κ3) is 2.88. The molecular formula is C18H18N6O2. The predicted octanol–water partition coefficient (Wildman–Crippen LogP) is 2.27. The standard InChI is InChI=1S/C18H18N6O2/c1-25-18-21-14-15(20)22-17(26-13-6-3-7-13)23-16(14)24(18)10-12-5-2-4-11(8-12)9-19/h2,4-5,8,13H,3,6-7,10H2,1H3,(H2,20,22,23). The minimum absolute atomic E-state index is 0.150. The number of fused-ring (bicyclic) bond motifs is 1. The number of nitrogens with two attached hydrogens (primary N) is 1. The third-order valence-electron chi connectivity index (χ3n) is 4.47. The lowest BCUT2D eigenvalue weighted by atomic mass is 9.96. The molecule has 2 N–H and O–H groups in total. The van der Waals surface area contributed by atoms with Gasteiger partial charge in [-0.15, -0.1) is 0 Å². The summed E-state index contributed by atoms with van der Waals surface area (Å²) in [5, 5.41) is 9.10. The van der Waals surface area contributed by atoms with E-state index in [0.717, 1.165) is 24.8 Å². The Labute approximate surface area is 150 Å². The van der Waals surface area contributed by atoms with Crippen LogP contribution in [0.4, 0.5) is 5.82 Å². The lowest BCUT2D eigenvalue weighted by Gasteiger charge is -2.25. The van der Waals surface area contributed by atoms with Gasteiger partial charge in [-0.3, -0.25) is 4.57 Å². The van der Waals surface area contributed by atoms with E-state index in [1.165, 1.54) is 0 Å². The number of aromatic nitrogens is 4. The van der Waals surface area contributed by atoms with Crippen molar-refractivity contribution < 1.29 is 9.47 Å². The van der Waals surface area contributed by atoms with Gasteiger partial charge in [0, 0.05) is 0 Å². The highest BCUT2D eigenvalue weighted by Crippen LogP contribution is 2.29. The molecule has 0 atom stereocenters. The summed E-state index contributed by atoms with van der Waals surface area (Å²) in [5.74, 6) is 0.257. The van der Waals surface area contributed by atoms with E-state index < -0.39 is 0 Å². The Bertz CT molecular complexity index is 1000. The van der Waals surface area contributed by atoms with E-state index in [2.05, 4.69) is 21.0 Å². The first-order valence-electron chi connectivity index (χ1n) is 8.41. The van der Waals surface area contributed by atoms with Gasteiger partial charge in [0.1, 0.15) is 6.10 Å². The molecule has 0 spiro atoms. The van der Waals surface area contributed by atoms with Crippen molar-refractivity contribution in [3.05, 3.63) is 35.4 Å². The number of nitrogen functional groups attached to an aromatic ring is 1. The van der Waals surface area contributed by atoms with Crippen LogP contribution in [0.15, 0.2) is 24.3 Å². The molecule has 8 nitrogen and oxygen atoms in total. The number of benzene rings is 1. The minimum atomic E-state index is 0.150. The Morgan fingerprint density at radius 1 is 1.31 bits per heavy atom. The van der Waals surface area contributed by atoms with Crippen LogP contribution in [0.3, 0.4) is 0 Å². The number of nitriles is 1. The molecule has 2 heterocycles. The summed E-state index contributed by atoms with van der Waals surface area (Å²) in [6.45, 7) is 0.439. The van der Waals surface area contributed by atoms with Crippen LogP contribution in [0.2, 0.25) is 0 Å². The average molecular weight is 350 g/mol. The van der Waals surface area contributed by atoms with Crippen molar-refractivity contribution >= 4 is 17.0 Å². The normalized spacial score (nSPS) is 14.0. The zero-order chi connectivity index (χ0) is 18.1. The number of methoxy groups -OCH3 is 1. The van der Waals surface area contributed by atoms with Gasteiger partial charge in [-0.2, -0.15) is 20.2 Å². The van der Waals surface area contributed by atoms with Crippen LogP contribution >= 0.6 is 0 Å². The molecule has 1 saturated carbocycles. The zero-order valence-electron chi connectivity index (χ0n) is 14.3. The molecule has 0 radical (unpaired) electrons. The fourth-order valence-corrected chi connectivity index (χ4v) is 2.89. The summed E-state index contributed by atoms with van der Waals surface area (Å²) in [6, 6.07) is 10.1. The number of ether oxygens (including phenoxy) is 2. The second-order valence-electron chi connectivity index (χ2n) is 6.23. The summed E-state index contributed by atoms with van der Waals surface area (Å²) < 4.78 is 13.0. The van der Waals surface area contributed by atoms with E-state index in [-0.39, 0.29) is 17.9 Å². The molecule has 0 amide bonds. The predicted molar refractivity (Wildman–Crippen MR) is 94.8 cm³/mol. The smallest absolute Gasteiger partial charge is 0.320 e. The molecule has 0 unspecified atom stereocenters. The van der Waals surface area contributed by atoms with Crippen molar-refractivity contribution in [1.82, 2.24) is 19.5 Å². The molecule has 1 aliphatic rings. The molecule has 1 aliphatic carbocycles. The summed E-state index contributed by atoms with van der Waals surface area (Å²) in [7, 11) is 1.54. The summed E-state index contributed by atoms with van der Waals surface area (Å²) in [4.78, 5) is 13.1. The van der Waals surface area contributed by atoms with Crippen molar-refractivity contribution in [3.8, 4) is 18.1 Å². The van der Waals surface area contributed by atoms with E-state index >= 15 is 0 Å². The minimum Gasteiger partial charge on any atom is -0.468 e. The second-order valence-corrected chi connectivity index (χ2v) is 6.23. The highest BCUT2D eigenvalue weighted by molar-refractivity contribution is 5.83. The van der Waals surface area contributed by atoms with Crippen LogP contribution in [0.1, 0.15) is 30.4 Å². The number of hydrogen-bond acceptors (Lipinski definition) is 7. The van der Waals surface area contributed by atoms with Crippen LogP contribution in [0, 0.1) is 11.3 Å². The highest BCUT2D eigenvalue weighted by atomic mass is 16.5. The molecule has 2 aromatic heterocycles. The SMILES string of the molecule is COc1nc2c(N)nc(OC3CCC3)nc2n1Cc1cccc(C#N)c1. The second kappa shape index (κ2) is 6.52. The van der Waals surface area contributed by atoms with Gasteiger partial charge in [0.05, 0.1) is 25.3 Å². The van der Waals surface area contributed by atoms with Gasteiger partial charge in [0.2, 0.25) is 0 Å². The molecule has 3 aromatic rings. The zero-order valence-corrected chi connectivity index (χ0v) is 14.3. The maximum absolute atomic E-state index is 9.10. The number of rotatable bonds is 5. The Morgan fingerprint density at radius 3 is 2.85 bits per heavy atom. The topological polar surface area (TPSA) is 112 Å². The molecule has 26 heavy (non-hydrogen) atoms. The van der Waals surface area contributed by atoms with E-state index in [9.17, 15) is 0 Å². The number of hydrogen-bond donors (Lipinski definition) is 1. The van der Waals surface area contributed by atoms with E-state index in [1.54, 1.807) is 17.7 Å². The molecule has 0 bridgehead atoms. The van der Waals surface area contributed by atoms with E-state index in [4.69, 9.17) is 20.5 Å². The largest absolute Gasteiger partial charge is 0.468 e. The first kappa shape index (κ1) is 16.1. The van der Waals surface area contributed by atoms with Gasteiger partial charge in [-0.05, 0) is 37.0 Å².